The predicted molar refractivity (Wildman–Crippen MR) is 85.4 cm³/mol. The fourth-order valence-corrected chi connectivity index (χ4v) is 2.72. The molecule has 3 rings (SSSR count). The van der Waals surface area contributed by atoms with Crippen molar-refractivity contribution in [3.05, 3.63) is 29.4 Å². The molecule has 0 unspecified atom stereocenters. The molecule has 2 aromatic rings. The number of alkyl halides is 4. The van der Waals surface area contributed by atoms with Crippen LogP contribution >= 0.6 is 0 Å². The van der Waals surface area contributed by atoms with Crippen molar-refractivity contribution in [2.75, 3.05) is 6.61 Å². The summed E-state index contributed by atoms with van der Waals surface area (Å²) in [6, 6.07) is 1.61. The molecule has 28 heavy (non-hydrogen) atoms. The standard InChI is InChI=1S/C17H16F5N3O3/c1-8-7-27-12-5-9(13-23-14(28-24-13)17(20,21)22)4-11(18)10(12)6-25(8)15(26)16(2,3)19/h4-5,8H,6-7H2,1-3H3/t8-/m0/s1. The number of fused-ring (bicyclic) bond motifs is 1. The molecule has 2 heterocycles. The maximum absolute atomic E-state index is 14.7. The van der Waals surface area contributed by atoms with E-state index >= 15 is 0 Å². The third-order valence-electron chi connectivity index (χ3n) is 4.19. The van der Waals surface area contributed by atoms with E-state index in [1.54, 1.807) is 6.92 Å². The average molecular weight is 405 g/mol. The summed E-state index contributed by atoms with van der Waals surface area (Å²) < 4.78 is 76.3. The summed E-state index contributed by atoms with van der Waals surface area (Å²) in [5.74, 6) is -3.70. The van der Waals surface area contributed by atoms with E-state index in [4.69, 9.17) is 4.74 Å². The molecule has 1 aromatic carbocycles. The van der Waals surface area contributed by atoms with Gasteiger partial charge in [-0.25, -0.2) is 8.78 Å². The van der Waals surface area contributed by atoms with Crippen LogP contribution in [0.25, 0.3) is 11.4 Å². The Hall–Kier alpha value is -2.72. The number of halogens is 5. The highest BCUT2D eigenvalue weighted by Gasteiger charge is 2.39. The van der Waals surface area contributed by atoms with E-state index in [0.717, 1.165) is 24.8 Å². The smallest absolute Gasteiger partial charge is 0.471 e. The highest BCUT2D eigenvalue weighted by molar-refractivity contribution is 5.84. The zero-order valence-electron chi connectivity index (χ0n) is 15.1. The van der Waals surface area contributed by atoms with Crippen LogP contribution in [0, 0.1) is 5.82 Å². The summed E-state index contributed by atoms with van der Waals surface area (Å²) in [5.41, 5.74) is -2.27. The Bertz CT molecular complexity index is 904. The first kappa shape index (κ1) is 20.0. The molecule has 6 nitrogen and oxygen atoms in total. The topological polar surface area (TPSA) is 68.5 Å². The van der Waals surface area contributed by atoms with Gasteiger partial charge in [0, 0.05) is 11.1 Å². The van der Waals surface area contributed by atoms with Crippen molar-refractivity contribution < 1.29 is 36.0 Å². The molecule has 1 aromatic heterocycles. The summed E-state index contributed by atoms with van der Waals surface area (Å²) in [6.45, 7) is 3.50. The number of aromatic nitrogens is 2. The number of hydrogen-bond donors (Lipinski definition) is 0. The number of carbonyl (C=O) groups excluding carboxylic acids is 1. The van der Waals surface area contributed by atoms with Crippen LogP contribution in [0.4, 0.5) is 22.0 Å². The van der Waals surface area contributed by atoms with Crippen molar-refractivity contribution in [3.8, 4) is 17.1 Å². The van der Waals surface area contributed by atoms with Crippen LogP contribution in [-0.2, 0) is 17.5 Å². The number of carbonyl (C=O) groups is 1. The van der Waals surface area contributed by atoms with Gasteiger partial charge >= 0.3 is 12.1 Å². The third kappa shape index (κ3) is 3.78. The van der Waals surface area contributed by atoms with Crippen molar-refractivity contribution in [3.63, 3.8) is 0 Å². The maximum atomic E-state index is 14.7. The molecule has 152 valence electrons. The fourth-order valence-electron chi connectivity index (χ4n) is 2.72. The van der Waals surface area contributed by atoms with Crippen LogP contribution in [0.2, 0.25) is 0 Å². The Balaban J connectivity index is 1.98. The van der Waals surface area contributed by atoms with E-state index in [-0.39, 0.29) is 30.0 Å². The summed E-state index contributed by atoms with van der Waals surface area (Å²) in [5, 5.41) is 3.21. The van der Waals surface area contributed by atoms with Gasteiger partial charge in [-0.15, -0.1) is 0 Å². The predicted octanol–water partition coefficient (Wildman–Crippen LogP) is 3.75. The molecule has 1 atom stereocenters. The van der Waals surface area contributed by atoms with Gasteiger partial charge in [-0.05, 0) is 32.9 Å². The molecule has 0 N–H and O–H groups in total. The monoisotopic (exact) mass is 405 g/mol. The first-order valence-electron chi connectivity index (χ1n) is 8.24. The Morgan fingerprint density at radius 3 is 2.50 bits per heavy atom. The summed E-state index contributed by atoms with van der Waals surface area (Å²) in [4.78, 5) is 16.7. The highest BCUT2D eigenvalue weighted by Crippen LogP contribution is 2.35. The molecular formula is C17H16F5N3O3. The lowest BCUT2D eigenvalue weighted by Gasteiger charge is -2.30. The van der Waals surface area contributed by atoms with Crippen molar-refractivity contribution in [1.29, 1.82) is 0 Å². The molecule has 1 amide bonds. The molecule has 0 fully saturated rings. The number of ether oxygens (including phenoxy) is 1. The van der Waals surface area contributed by atoms with Crippen LogP contribution in [0.15, 0.2) is 16.7 Å². The molecule has 0 spiro atoms. The first-order chi connectivity index (χ1) is 12.9. The second kappa shape index (κ2) is 6.71. The minimum Gasteiger partial charge on any atom is -0.491 e. The van der Waals surface area contributed by atoms with Crippen molar-refractivity contribution in [2.45, 2.75) is 45.2 Å². The summed E-state index contributed by atoms with van der Waals surface area (Å²) in [7, 11) is 0. The van der Waals surface area contributed by atoms with Crippen molar-refractivity contribution >= 4 is 5.91 Å². The van der Waals surface area contributed by atoms with Gasteiger partial charge < -0.3 is 14.2 Å². The van der Waals surface area contributed by atoms with Gasteiger partial charge in [-0.2, -0.15) is 18.2 Å². The minimum atomic E-state index is -4.83. The minimum absolute atomic E-state index is 0.00664. The first-order valence-corrected chi connectivity index (χ1v) is 8.24. The van der Waals surface area contributed by atoms with Crippen LogP contribution in [0.5, 0.6) is 5.75 Å². The van der Waals surface area contributed by atoms with Gasteiger partial charge in [-0.1, -0.05) is 5.16 Å². The highest BCUT2D eigenvalue weighted by atomic mass is 19.4. The Morgan fingerprint density at radius 2 is 1.93 bits per heavy atom. The molecule has 0 saturated heterocycles. The summed E-state index contributed by atoms with van der Waals surface area (Å²) >= 11 is 0. The quantitative estimate of drug-likeness (QED) is 0.712. The van der Waals surface area contributed by atoms with Gasteiger partial charge in [0.1, 0.15) is 18.2 Å². The number of amides is 1. The lowest BCUT2D eigenvalue weighted by atomic mass is 10.1. The fraction of sp³-hybridized carbons (Fsp3) is 0.471. The molecule has 0 aliphatic carbocycles. The van der Waals surface area contributed by atoms with Gasteiger partial charge in [0.15, 0.2) is 5.67 Å². The second-order valence-corrected chi connectivity index (χ2v) is 6.92. The van der Waals surface area contributed by atoms with E-state index in [0.29, 0.717) is 0 Å². The number of nitrogens with zero attached hydrogens (tertiary/aromatic N) is 3. The Kier molecular flexibility index (Phi) is 4.80. The molecule has 0 saturated carbocycles. The molecule has 1 aliphatic heterocycles. The second-order valence-electron chi connectivity index (χ2n) is 6.92. The number of benzene rings is 1. The molecular weight excluding hydrogens is 389 g/mol. The Morgan fingerprint density at radius 1 is 1.25 bits per heavy atom. The zero-order valence-corrected chi connectivity index (χ0v) is 15.1. The molecule has 11 heteroatoms. The lowest BCUT2D eigenvalue weighted by Crippen LogP contribution is -2.47. The zero-order chi connectivity index (χ0) is 20.9. The van der Waals surface area contributed by atoms with E-state index in [9.17, 15) is 26.7 Å². The van der Waals surface area contributed by atoms with Crippen LogP contribution in [-0.4, -0.2) is 39.3 Å². The van der Waals surface area contributed by atoms with Crippen LogP contribution < -0.4 is 4.74 Å². The largest absolute Gasteiger partial charge is 0.491 e. The normalized spacial score (nSPS) is 17.7. The van der Waals surface area contributed by atoms with Crippen molar-refractivity contribution in [1.82, 2.24) is 15.0 Å². The van der Waals surface area contributed by atoms with Gasteiger partial charge in [0.25, 0.3) is 5.91 Å². The third-order valence-corrected chi connectivity index (χ3v) is 4.19. The number of hydrogen-bond acceptors (Lipinski definition) is 5. The maximum Gasteiger partial charge on any atom is 0.471 e. The van der Waals surface area contributed by atoms with Crippen LogP contribution in [0.1, 0.15) is 32.2 Å². The van der Waals surface area contributed by atoms with Gasteiger partial charge in [0.05, 0.1) is 12.6 Å². The molecule has 0 radical (unpaired) electrons. The van der Waals surface area contributed by atoms with Gasteiger partial charge in [-0.3, -0.25) is 4.79 Å². The Labute approximate surface area is 156 Å². The molecule has 1 aliphatic rings. The molecule has 0 bridgehead atoms. The number of rotatable bonds is 2. The van der Waals surface area contributed by atoms with Gasteiger partial charge in [0.2, 0.25) is 5.82 Å². The van der Waals surface area contributed by atoms with Crippen molar-refractivity contribution in [2.24, 2.45) is 0 Å². The van der Waals surface area contributed by atoms with E-state index in [2.05, 4.69) is 14.7 Å². The lowest BCUT2D eigenvalue weighted by molar-refractivity contribution is -0.159. The van der Waals surface area contributed by atoms with E-state index in [1.165, 1.54) is 6.07 Å². The van der Waals surface area contributed by atoms with E-state index < -0.39 is 41.3 Å². The SMILES string of the molecule is C[C@H]1COc2cc(-c3noc(C(F)(F)F)n3)cc(F)c2CN1C(=O)C(C)(C)F. The summed E-state index contributed by atoms with van der Waals surface area (Å²) in [6.07, 6.45) is -4.83. The van der Waals surface area contributed by atoms with Crippen LogP contribution in [0.3, 0.4) is 0 Å². The van der Waals surface area contributed by atoms with E-state index in [1.807, 2.05) is 0 Å². The average Bonchev–Trinajstić information content (AvgIpc) is 3.01.